The molecule has 5 heteroatoms. The van der Waals surface area contributed by atoms with E-state index in [0.717, 1.165) is 25.2 Å². The average Bonchev–Trinajstić information content (AvgIpc) is 2.91. The number of halogens is 1. The Morgan fingerprint density at radius 2 is 2.42 bits per heavy atom. The predicted molar refractivity (Wildman–Crippen MR) is 73.6 cm³/mol. The molecule has 0 radical (unpaired) electrons. The van der Waals surface area contributed by atoms with Crippen LogP contribution in [0.15, 0.2) is 18.2 Å². The molecule has 0 N–H and O–H groups in total. The van der Waals surface area contributed by atoms with Gasteiger partial charge in [-0.2, -0.15) is 11.8 Å². The van der Waals surface area contributed by atoms with Crippen LogP contribution in [0.3, 0.4) is 0 Å². The maximum absolute atomic E-state index is 13.5. The summed E-state index contributed by atoms with van der Waals surface area (Å²) in [6, 6.07) is 4.30. The van der Waals surface area contributed by atoms with Gasteiger partial charge in [-0.1, -0.05) is 0 Å². The molecule has 0 bridgehead atoms. The molecule has 0 aromatic heterocycles. The van der Waals surface area contributed by atoms with Gasteiger partial charge < -0.3 is 9.47 Å². The van der Waals surface area contributed by atoms with Crippen molar-refractivity contribution in [1.29, 1.82) is 0 Å². The summed E-state index contributed by atoms with van der Waals surface area (Å²) in [5.74, 6) is 0.765. The molecule has 1 aliphatic heterocycles. The Morgan fingerprint density at radius 1 is 1.58 bits per heavy atom. The molecule has 1 saturated heterocycles. The molecule has 1 fully saturated rings. The second kappa shape index (κ2) is 6.91. The monoisotopic (exact) mass is 284 g/mol. The maximum Gasteiger partial charge on any atom is 0.172 e. The third kappa shape index (κ3) is 3.94. The second-order valence-corrected chi connectivity index (χ2v) is 5.45. The lowest BCUT2D eigenvalue weighted by atomic mass is 10.1. The molecule has 1 aromatic rings. The molecule has 104 valence electrons. The number of benzene rings is 1. The first-order valence-corrected chi connectivity index (χ1v) is 7.42. The number of Topliss-reactive ketones (excluding diaryl/α,β-unsaturated/α-hetero) is 1. The smallest absolute Gasteiger partial charge is 0.172 e. The molecule has 1 aromatic carbocycles. The molecular formula is C14H17FO3S. The van der Waals surface area contributed by atoms with Crippen molar-refractivity contribution in [3.05, 3.63) is 29.6 Å². The lowest BCUT2D eigenvalue weighted by molar-refractivity contribution is 0.102. The summed E-state index contributed by atoms with van der Waals surface area (Å²) in [6.07, 6.45) is 2.44. The Bertz CT molecular complexity index is 444. The Morgan fingerprint density at radius 3 is 3.05 bits per heavy atom. The Balaban J connectivity index is 1.83. The summed E-state index contributed by atoms with van der Waals surface area (Å²) in [7, 11) is 1.40. The summed E-state index contributed by atoms with van der Waals surface area (Å²) in [6.45, 7) is 0.822. The minimum atomic E-state index is -0.502. The van der Waals surface area contributed by atoms with Gasteiger partial charge in [-0.15, -0.1) is 0 Å². The van der Waals surface area contributed by atoms with Crippen molar-refractivity contribution in [2.75, 3.05) is 25.2 Å². The van der Waals surface area contributed by atoms with E-state index in [4.69, 9.17) is 9.47 Å². The van der Waals surface area contributed by atoms with E-state index in [9.17, 15) is 9.18 Å². The van der Waals surface area contributed by atoms with Crippen molar-refractivity contribution in [3.63, 3.8) is 0 Å². The van der Waals surface area contributed by atoms with E-state index in [0.29, 0.717) is 11.3 Å². The van der Waals surface area contributed by atoms with Gasteiger partial charge >= 0.3 is 0 Å². The van der Waals surface area contributed by atoms with Crippen LogP contribution < -0.4 is 4.74 Å². The highest BCUT2D eigenvalue weighted by molar-refractivity contribution is 8.00. The van der Waals surface area contributed by atoms with Crippen molar-refractivity contribution in [2.24, 2.45) is 0 Å². The highest BCUT2D eigenvalue weighted by atomic mass is 32.2. The fourth-order valence-electron chi connectivity index (χ4n) is 1.98. The molecule has 1 unspecified atom stereocenters. The topological polar surface area (TPSA) is 35.5 Å². The van der Waals surface area contributed by atoms with E-state index < -0.39 is 5.82 Å². The predicted octanol–water partition coefficient (Wildman–Crippen LogP) is 2.93. The molecule has 1 aliphatic rings. The molecule has 0 amide bonds. The van der Waals surface area contributed by atoms with E-state index >= 15 is 0 Å². The minimum Gasteiger partial charge on any atom is -0.494 e. The van der Waals surface area contributed by atoms with E-state index in [1.807, 2.05) is 0 Å². The third-order valence-electron chi connectivity index (χ3n) is 3.03. The van der Waals surface area contributed by atoms with Crippen LogP contribution in [0.25, 0.3) is 0 Å². The van der Waals surface area contributed by atoms with Gasteiger partial charge in [0.1, 0.15) is 0 Å². The molecule has 0 saturated carbocycles. The molecule has 1 atom stereocenters. The standard InChI is InChI=1S/C14H17FO3S/c1-17-14-5-4-10(7-12(14)15)13(16)9-19-8-11-3-2-6-18-11/h4-5,7,11H,2-3,6,8-9H2,1H3. The lowest BCUT2D eigenvalue weighted by Crippen LogP contribution is -2.11. The fourth-order valence-corrected chi connectivity index (χ4v) is 2.98. The molecular weight excluding hydrogens is 267 g/mol. The SMILES string of the molecule is COc1ccc(C(=O)CSCC2CCCO2)cc1F. The number of carbonyl (C=O) groups excluding carboxylic acids is 1. The van der Waals surface area contributed by atoms with Gasteiger partial charge in [-0.25, -0.2) is 4.39 Å². The van der Waals surface area contributed by atoms with Crippen LogP contribution in [0.5, 0.6) is 5.75 Å². The highest BCUT2D eigenvalue weighted by Gasteiger charge is 2.16. The van der Waals surface area contributed by atoms with Crippen LogP contribution in [-0.4, -0.2) is 37.1 Å². The van der Waals surface area contributed by atoms with Gasteiger partial charge in [0.15, 0.2) is 17.3 Å². The van der Waals surface area contributed by atoms with Gasteiger partial charge in [-0.3, -0.25) is 4.79 Å². The zero-order valence-electron chi connectivity index (χ0n) is 10.9. The quantitative estimate of drug-likeness (QED) is 0.752. The van der Waals surface area contributed by atoms with Crippen molar-refractivity contribution >= 4 is 17.5 Å². The average molecular weight is 284 g/mol. The summed E-state index contributed by atoms with van der Waals surface area (Å²) < 4.78 is 23.8. The Kier molecular flexibility index (Phi) is 5.22. The van der Waals surface area contributed by atoms with Gasteiger partial charge in [0.2, 0.25) is 0 Å². The van der Waals surface area contributed by atoms with Gasteiger partial charge in [0.05, 0.1) is 19.0 Å². The Hall–Kier alpha value is -1.07. The first kappa shape index (κ1) is 14.3. The number of ketones is 1. The van der Waals surface area contributed by atoms with Crippen LogP contribution in [0.1, 0.15) is 23.2 Å². The Labute approximate surface area is 116 Å². The number of hydrogen-bond donors (Lipinski definition) is 0. The van der Waals surface area contributed by atoms with Gasteiger partial charge in [0.25, 0.3) is 0 Å². The molecule has 0 spiro atoms. The maximum atomic E-state index is 13.5. The first-order valence-electron chi connectivity index (χ1n) is 6.27. The zero-order valence-corrected chi connectivity index (χ0v) is 11.7. The van der Waals surface area contributed by atoms with E-state index in [1.54, 1.807) is 17.8 Å². The zero-order chi connectivity index (χ0) is 13.7. The van der Waals surface area contributed by atoms with Crippen molar-refractivity contribution in [3.8, 4) is 5.75 Å². The summed E-state index contributed by atoms with van der Waals surface area (Å²) in [4.78, 5) is 11.9. The van der Waals surface area contributed by atoms with Crippen LogP contribution in [0.4, 0.5) is 4.39 Å². The van der Waals surface area contributed by atoms with Crippen LogP contribution >= 0.6 is 11.8 Å². The number of carbonyl (C=O) groups is 1. The first-order chi connectivity index (χ1) is 9.20. The van der Waals surface area contributed by atoms with Crippen molar-refractivity contribution < 1.29 is 18.7 Å². The molecule has 3 nitrogen and oxygen atoms in total. The molecule has 2 rings (SSSR count). The number of methoxy groups -OCH3 is 1. The highest BCUT2D eigenvalue weighted by Crippen LogP contribution is 2.20. The largest absolute Gasteiger partial charge is 0.494 e. The van der Waals surface area contributed by atoms with E-state index in [1.165, 1.54) is 19.2 Å². The summed E-state index contributed by atoms with van der Waals surface area (Å²) in [5.41, 5.74) is 0.387. The number of ether oxygens (including phenoxy) is 2. The second-order valence-electron chi connectivity index (χ2n) is 4.42. The normalized spacial score (nSPS) is 18.5. The number of hydrogen-bond acceptors (Lipinski definition) is 4. The summed E-state index contributed by atoms with van der Waals surface area (Å²) >= 11 is 1.54. The molecule has 19 heavy (non-hydrogen) atoms. The van der Waals surface area contributed by atoms with Crippen LogP contribution in [-0.2, 0) is 4.74 Å². The number of thioether (sulfide) groups is 1. The molecule has 0 aliphatic carbocycles. The molecule has 1 heterocycles. The van der Waals surface area contributed by atoms with Crippen LogP contribution in [0, 0.1) is 5.82 Å². The van der Waals surface area contributed by atoms with Crippen molar-refractivity contribution in [2.45, 2.75) is 18.9 Å². The lowest BCUT2D eigenvalue weighted by Gasteiger charge is -2.08. The fraction of sp³-hybridized carbons (Fsp3) is 0.500. The number of rotatable bonds is 6. The van der Waals surface area contributed by atoms with Gasteiger partial charge in [-0.05, 0) is 31.0 Å². The van der Waals surface area contributed by atoms with E-state index in [-0.39, 0.29) is 17.6 Å². The van der Waals surface area contributed by atoms with E-state index in [2.05, 4.69) is 0 Å². The summed E-state index contributed by atoms with van der Waals surface area (Å²) in [5, 5.41) is 0. The minimum absolute atomic E-state index is 0.0652. The van der Waals surface area contributed by atoms with Gasteiger partial charge in [0, 0.05) is 17.9 Å². The van der Waals surface area contributed by atoms with Crippen LogP contribution in [0.2, 0.25) is 0 Å². The third-order valence-corrected chi connectivity index (χ3v) is 4.11. The van der Waals surface area contributed by atoms with Crippen molar-refractivity contribution in [1.82, 2.24) is 0 Å².